The van der Waals surface area contributed by atoms with Crippen molar-refractivity contribution in [2.75, 3.05) is 31.1 Å². The van der Waals surface area contributed by atoms with Gasteiger partial charge in [0.2, 0.25) is 5.43 Å². The second-order valence-electron chi connectivity index (χ2n) is 5.85. The molecule has 3 rings (SSSR count). The van der Waals surface area contributed by atoms with Crippen LogP contribution in [0.3, 0.4) is 0 Å². The molecule has 0 spiro atoms. The number of nitrogens with zero attached hydrogens (tertiary/aromatic N) is 3. The summed E-state index contributed by atoms with van der Waals surface area (Å²) in [4.78, 5) is 26.9. The number of nitro benzene ring substituents is 1. The van der Waals surface area contributed by atoms with Gasteiger partial charge in [0.15, 0.2) is 0 Å². The highest BCUT2D eigenvalue weighted by molar-refractivity contribution is 5.45. The molecule has 0 N–H and O–H groups in total. The molecule has 0 atom stereocenters. The van der Waals surface area contributed by atoms with Crippen molar-refractivity contribution in [3.8, 4) is 0 Å². The van der Waals surface area contributed by atoms with Crippen LogP contribution in [0, 0.1) is 10.1 Å². The quantitative estimate of drug-likeness (QED) is 0.637. The molecule has 124 valence electrons. The summed E-state index contributed by atoms with van der Waals surface area (Å²) in [5.74, 6) is 0. The first-order chi connectivity index (χ1) is 11.6. The second kappa shape index (κ2) is 7.23. The van der Waals surface area contributed by atoms with E-state index in [-0.39, 0.29) is 16.0 Å². The third kappa shape index (κ3) is 3.78. The van der Waals surface area contributed by atoms with Crippen molar-refractivity contribution in [1.82, 2.24) is 4.90 Å². The zero-order chi connectivity index (χ0) is 16.9. The van der Waals surface area contributed by atoms with E-state index >= 15 is 0 Å². The molecule has 0 radical (unpaired) electrons. The molecule has 1 heterocycles. The highest BCUT2D eigenvalue weighted by Gasteiger charge is 2.19. The lowest BCUT2D eigenvalue weighted by atomic mass is 10.1. The predicted octanol–water partition coefficient (Wildman–Crippen LogP) is 2.28. The first-order valence-electron chi connectivity index (χ1n) is 7.93. The number of non-ortho nitro benzene ring substituents is 1. The summed E-state index contributed by atoms with van der Waals surface area (Å²) < 4.78 is 0. The normalized spacial score (nSPS) is 15.2. The van der Waals surface area contributed by atoms with Crippen molar-refractivity contribution >= 4 is 11.4 Å². The van der Waals surface area contributed by atoms with Crippen molar-refractivity contribution in [2.24, 2.45) is 0 Å². The fourth-order valence-corrected chi connectivity index (χ4v) is 2.96. The zero-order valence-electron chi connectivity index (χ0n) is 13.3. The minimum Gasteiger partial charge on any atom is -0.366 e. The van der Waals surface area contributed by atoms with E-state index in [0.717, 1.165) is 37.4 Å². The van der Waals surface area contributed by atoms with Crippen LogP contribution >= 0.6 is 0 Å². The molecule has 1 fully saturated rings. The summed E-state index contributed by atoms with van der Waals surface area (Å²) >= 11 is 0. The Morgan fingerprint density at radius 2 is 1.71 bits per heavy atom. The van der Waals surface area contributed by atoms with Crippen LogP contribution in [0.5, 0.6) is 0 Å². The van der Waals surface area contributed by atoms with Crippen LogP contribution in [-0.2, 0) is 6.54 Å². The molecule has 6 heteroatoms. The van der Waals surface area contributed by atoms with E-state index in [1.165, 1.54) is 6.07 Å². The fourth-order valence-electron chi connectivity index (χ4n) is 2.96. The average molecular weight is 325 g/mol. The lowest BCUT2D eigenvalue weighted by molar-refractivity contribution is -0.384. The summed E-state index contributed by atoms with van der Waals surface area (Å²) in [6, 6.07) is 15.7. The van der Waals surface area contributed by atoms with Gasteiger partial charge in [0.05, 0.1) is 10.6 Å². The second-order valence-corrected chi connectivity index (χ2v) is 5.85. The van der Waals surface area contributed by atoms with E-state index < -0.39 is 0 Å². The van der Waals surface area contributed by atoms with Crippen molar-refractivity contribution in [2.45, 2.75) is 6.54 Å². The molecule has 1 saturated heterocycles. The third-order valence-corrected chi connectivity index (χ3v) is 4.22. The lowest BCUT2D eigenvalue weighted by Crippen LogP contribution is -2.47. The molecule has 6 nitrogen and oxygen atoms in total. The van der Waals surface area contributed by atoms with Crippen LogP contribution in [0.25, 0.3) is 0 Å². The predicted molar refractivity (Wildman–Crippen MR) is 93.3 cm³/mol. The zero-order valence-corrected chi connectivity index (χ0v) is 13.3. The number of benzene rings is 1. The van der Waals surface area contributed by atoms with E-state index in [9.17, 15) is 14.9 Å². The SMILES string of the molecule is O=c1cccccc1N1CCN(Cc2cccc([N+](=O)[O-])c2)CC1. The topological polar surface area (TPSA) is 66.7 Å². The van der Waals surface area contributed by atoms with Gasteiger partial charge in [-0.2, -0.15) is 0 Å². The maximum atomic E-state index is 12.1. The van der Waals surface area contributed by atoms with Crippen LogP contribution in [0.1, 0.15) is 5.56 Å². The van der Waals surface area contributed by atoms with Gasteiger partial charge in [-0.05, 0) is 17.7 Å². The first kappa shape index (κ1) is 16.1. The standard InChI is InChI=1S/C18H19N3O3/c22-18-8-3-1-2-7-17(18)20-11-9-19(10-12-20)14-15-5-4-6-16(13-15)21(23)24/h1-8,13H,9-12,14H2. The van der Waals surface area contributed by atoms with Crippen molar-refractivity contribution in [3.63, 3.8) is 0 Å². The summed E-state index contributed by atoms with van der Waals surface area (Å²) in [5.41, 5.74) is 1.83. The number of anilines is 1. The Hall–Kier alpha value is -2.73. The maximum Gasteiger partial charge on any atom is 0.269 e. The highest BCUT2D eigenvalue weighted by atomic mass is 16.6. The highest BCUT2D eigenvalue weighted by Crippen LogP contribution is 2.17. The Kier molecular flexibility index (Phi) is 4.86. The van der Waals surface area contributed by atoms with Crippen LogP contribution in [-0.4, -0.2) is 36.0 Å². The van der Waals surface area contributed by atoms with Crippen LogP contribution in [0.4, 0.5) is 11.4 Å². The summed E-state index contributed by atoms with van der Waals surface area (Å²) in [6.45, 7) is 3.87. The fraction of sp³-hybridized carbons (Fsp3) is 0.278. The maximum absolute atomic E-state index is 12.1. The van der Waals surface area contributed by atoms with Gasteiger partial charge >= 0.3 is 0 Å². The van der Waals surface area contributed by atoms with Crippen molar-refractivity contribution < 1.29 is 4.92 Å². The molecule has 0 aliphatic carbocycles. The molecule has 0 amide bonds. The van der Waals surface area contributed by atoms with Gasteiger partial charge in [-0.1, -0.05) is 30.3 Å². The Labute approximate surface area is 140 Å². The summed E-state index contributed by atoms with van der Waals surface area (Å²) in [7, 11) is 0. The average Bonchev–Trinajstić information content (AvgIpc) is 2.80. The minimum atomic E-state index is -0.368. The number of piperazine rings is 1. The monoisotopic (exact) mass is 325 g/mol. The lowest BCUT2D eigenvalue weighted by Gasteiger charge is -2.35. The molecular formula is C18H19N3O3. The number of rotatable bonds is 4. The smallest absolute Gasteiger partial charge is 0.269 e. The van der Waals surface area contributed by atoms with E-state index in [0.29, 0.717) is 6.54 Å². The molecule has 0 unspecified atom stereocenters. The van der Waals surface area contributed by atoms with Gasteiger partial charge in [0, 0.05) is 44.9 Å². The third-order valence-electron chi connectivity index (χ3n) is 4.22. The van der Waals surface area contributed by atoms with Gasteiger partial charge in [-0.25, -0.2) is 0 Å². The molecule has 1 aliphatic rings. The van der Waals surface area contributed by atoms with Crippen molar-refractivity contribution in [1.29, 1.82) is 0 Å². The molecule has 2 aromatic carbocycles. The molecule has 0 aromatic heterocycles. The molecule has 1 aliphatic heterocycles. The molecule has 24 heavy (non-hydrogen) atoms. The summed E-state index contributed by atoms with van der Waals surface area (Å²) in [5, 5.41) is 10.9. The number of nitro groups is 1. The first-order valence-corrected chi connectivity index (χ1v) is 7.93. The van der Waals surface area contributed by atoms with E-state index in [1.807, 2.05) is 24.3 Å². The largest absolute Gasteiger partial charge is 0.366 e. The van der Waals surface area contributed by atoms with Crippen LogP contribution < -0.4 is 10.3 Å². The number of hydrogen-bond acceptors (Lipinski definition) is 5. The van der Waals surface area contributed by atoms with Crippen molar-refractivity contribution in [3.05, 3.63) is 80.5 Å². The Morgan fingerprint density at radius 1 is 0.958 bits per heavy atom. The van der Waals surface area contributed by atoms with Gasteiger partial charge in [-0.15, -0.1) is 0 Å². The van der Waals surface area contributed by atoms with Crippen LogP contribution in [0.15, 0.2) is 59.4 Å². The van der Waals surface area contributed by atoms with Gasteiger partial charge in [0.25, 0.3) is 5.69 Å². The van der Waals surface area contributed by atoms with Gasteiger partial charge in [-0.3, -0.25) is 19.8 Å². The number of hydrogen-bond donors (Lipinski definition) is 0. The Bertz CT molecular complexity index is 786. The van der Waals surface area contributed by atoms with Gasteiger partial charge in [0.1, 0.15) is 0 Å². The van der Waals surface area contributed by atoms with Gasteiger partial charge < -0.3 is 4.90 Å². The minimum absolute atomic E-state index is 0.0344. The Balaban J connectivity index is 1.63. The summed E-state index contributed by atoms with van der Waals surface area (Å²) in [6.07, 6.45) is 0. The van der Waals surface area contributed by atoms with Crippen LogP contribution in [0.2, 0.25) is 0 Å². The molecular weight excluding hydrogens is 306 g/mol. The van der Waals surface area contributed by atoms with E-state index in [1.54, 1.807) is 24.3 Å². The molecule has 2 aromatic rings. The van der Waals surface area contributed by atoms with E-state index in [2.05, 4.69) is 9.80 Å². The molecule has 0 bridgehead atoms. The Morgan fingerprint density at radius 3 is 2.46 bits per heavy atom. The van der Waals surface area contributed by atoms with E-state index in [4.69, 9.17) is 0 Å². The molecule has 0 saturated carbocycles.